The van der Waals surface area contributed by atoms with Gasteiger partial charge in [0.2, 0.25) is 0 Å². The number of anilines is 1. The smallest absolute Gasteiger partial charge is 0.410 e. The number of carbonyl (C=O) groups is 2. The molecule has 1 aliphatic heterocycles. The van der Waals surface area contributed by atoms with Gasteiger partial charge in [-0.2, -0.15) is 0 Å². The molecule has 0 saturated carbocycles. The van der Waals surface area contributed by atoms with Crippen molar-refractivity contribution in [3.63, 3.8) is 0 Å². The Morgan fingerprint density at radius 2 is 1.81 bits per heavy atom. The van der Waals surface area contributed by atoms with E-state index in [1.807, 2.05) is 20.8 Å². The Balaban J connectivity index is 2.03. The molecule has 1 saturated heterocycles. The minimum absolute atomic E-state index is 0.0576. The van der Waals surface area contributed by atoms with Crippen LogP contribution in [0.25, 0.3) is 0 Å². The van der Waals surface area contributed by atoms with Crippen LogP contribution in [0.2, 0.25) is 0 Å². The number of carbonyl (C=O) groups excluding carboxylic acids is 1. The van der Waals surface area contributed by atoms with Crippen LogP contribution in [0.4, 0.5) is 10.5 Å². The molecule has 1 fully saturated rings. The van der Waals surface area contributed by atoms with Gasteiger partial charge in [-0.1, -0.05) is 15.9 Å². The molecular weight excluding hydrogens is 470 g/mol. The van der Waals surface area contributed by atoms with E-state index >= 15 is 0 Å². The van der Waals surface area contributed by atoms with E-state index in [1.54, 1.807) is 4.90 Å². The zero-order valence-electron chi connectivity index (χ0n) is 15.0. The maximum Gasteiger partial charge on any atom is 0.410 e. The van der Waals surface area contributed by atoms with Crippen molar-refractivity contribution in [1.29, 1.82) is 0 Å². The van der Waals surface area contributed by atoms with Gasteiger partial charge in [-0.05, 0) is 48.3 Å². The summed E-state index contributed by atoms with van der Waals surface area (Å²) in [6.45, 7) is 8.68. The average Bonchev–Trinajstić information content (AvgIpc) is 2.53. The number of aromatic carboxylic acids is 1. The Morgan fingerprint density at radius 1 is 1.23 bits per heavy atom. The van der Waals surface area contributed by atoms with Crippen molar-refractivity contribution in [2.75, 3.05) is 31.9 Å². The Kier molecular flexibility index (Phi) is 6.57. The minimum atomic E-state index is -1.07. The lowest BCUT2D eigenvalue weighted by Crippen LogP contribution is -2.49. The van der Waals surface area contributed by atoms with E-state index in [9.17, 15) is 14.7 Å². The topological polar surface area (TPSA) is 96.1 Å². The largest absolute Gasteiger partial charge is 0.478 e. The Labute approximate surface area is 169 Å². The molecule has 0 radical (unpaired) electrons. The van der Waals surface area contributed by atoms with Gasteiger partial charge in [0.15, 0.2) is 0 Å². The van der Waals surface area contributed by atoms with Crippen molar-refractivity contribution in [3.8, 4) is 0 Å². The number of ether oxygens (including phenoxy) is 1. The molecule has 0 atom stereocenters. The number of nitrogens with two attached hydrogens (primary N) is 1. The number of benzene rings is 1. The fourth-order valence-corrected chi connectivity index (χ4v) is 4.01. The number of carboxylic acids is 1. The van der Waals surface area contributed by atoms with Crippen LogP contribution >= 0.6 is 31.9 Å². The van der Waals surface area contributed by atoms with Crippen LogP contribution in [0.5, 0.6) is 0 Å². The fourth-order valence-electron chi connectivity index (χ4n) is 2.64. The van der Waals surface area contributed by atoms with Crippen LogP contribution in [0.1, 0.15) is 36.7 Å². The predicted octanol–water partition coefficient (Wildman–Crippen LogP) is 3.54. The Hall–Kier alpha value is -1.32. The molecule has 1 heterocycles. The van der Waals surface area contributed by atoms with Crippen molar-refractivity contribution in [1.82, 2.24) is 9.80 Å². The van der Waals surface area contributed by atoms with E-state index in [1.165, 1.54) is 6.07 Å². The average molecular weight is 493 g/mol. The molecule has 1 aromatic rings. The summed E-state index contributed by atoms with van der Waals surface area (Å²) in [6, 6.07) is 1.52. The SMILES string of the molecule is CC(C)(C)OC(=O)N1CCN(Cc2c(Br)cc(C(=O)O)c(N)c2Br)CC1. The first-order chi connectivity index (χ1) is 12.0. The van der Waals surface area contributed by atoms with Gasteiger partial charge in [0.1, 0.15) is 5.60 Å². The minimum Gasteiger partial charge on any atom is -0.478 e. The van der Waals surface area contributed by atoms with E-state index in [-0.39, 0.29) is 17.3 Å². The molecule has 7 nitrogen and oxygen atoms in total. The summed E-state index contributed by atoms with van der Waals surface area (Å²) < 4.78 is 6.67. The number of nitrogen functional groups attached to an aromatic ring is 1. The lowest BCUT2D eigenvalue weighted by atomic mass is 10.1. The number of carboxylic acid groups (broad SMARTS) is 1. The molecule has 3 N–H and O–H groups in total. The van der Waals surface area contributed by atoms with Crippen LogP contribution in [-0.2, 0) is 11.3 Å². The van der Waals surface area contributed by atoms with Crippen LogP contribution in [0.3, 0.4) is 0 Å². The molecule has 9 heteroatoms. The fraction of sp³-hybridized carbons (Fsp3) is 0.529. The summed E-state index contributed by atoms with van der Waals surface area (Å²) in [6.07, 6.45) is -0.297. The molecular formula is C17H23Br2N3O4. The Morgan fingerprint density at radius 3 is 2.31 bits per heavy atom. The van der Waals surface area contributed by atoms with Crippen molar-refractivity contribution in [2.24, 2.45) is 0 Å². The molecule has 26 heavy (non-hydrogen) atoms. The molecule has 0 aliphatic carbocycles. The quantitative estimate of drug-likeness (QED) is 0.626. The van der Waals surface area contributed by atoms with Crippen molar-refractivity contribution >= 4 is 49.6 Å². The predicted molar refractivity (Wildman–Crippen MR) is 106 cm³/mol. The van der Waals surface area contributed by atoms with Gasteiger partial charge in [-0.3, -0.25) is 4.90 Å². The third kappa shape index (κ3) is 5.11. The van der Waals surface area contributed by atoms with Crippen LogP contribution < -0.4 is 5.73 Å². The summed E-state index contributed by atoms with van der Waals surface area (Å²) in [5, 5.41) is 9.21. The highest BCUT2D eigenvalue weighted by molar-refractivity contribution is 9.11. The second-order valence-electron chi connectivity index (χ2n) is 7.16. The second kappa shape index (κ2) is 8.14. The standard InChI is InChI=1S/C17H23Br2N3O4/c1-17(2,3)26-16(25)22-6-4-21(5-7-22)9-11-12(18)8-10(15(23)24)14(20)13(11)19/h8H,4-7,9,20H2,1-3H3,(H,23,24). The molecule has 0 spiro atoms. The van der Waals surface area contributed by atoms with Gasteiger partial charge in [0, 0.05) is 41.7 Å². The van der Waals surface area contributed by atoms with E-state index in [4.69, 9.17) is 10.5 Å². The van der Waals surface area contributed by atoms with Crippen LogP contribution in [0, 0.1) is 0 Å². The first-order valence-corrected chi connectivity index (χ1v) is 9.78. The molecule has 2 rings (SSSR count). The lowest BCUT2D eigenvalue weighted by Gasteiger charge is -2.36. The maximum absolute atomic E-state index is 12.1. The van der Waals surface area contributed by atoms with Crippen molar-refractivity contribution < 1.29 is 19.4 Å². The van der Waals surface area contributed by atoms with E-state index in [2.05, 4.69) is 36.8 Å². The molecule has 0 bridgehead atoms. The van der Waals surface area contributed by atoms with Gasteiger partial charge in [0.25, 0.3) is 0 Å². The summed E-state index contributed by atoms with van der Waals surface area (Å²) in [7, 11) is 0. The summed E-state index contributed by atoms with van der Waals surface area (Å²) >= 11 is 6.85. The summed E-state index contributed by atoms with van der Waals surface area (Å²) in [5.41, 5.74) is 6.59. The summed E-state index contributed by atoms with van der Waals surface area (Å²) in [4.78, 5) is 27.3. The molecule has 0 aromatic heterocycles. The molecule has 1 amide bonds. The van der Waals surface area contributed by atoms with E-state index in [0.29, 0.717) is 41.7 Å². The van der Waals surface area contributed by atoms with Crippen LogP contribution in [0.15, 0.2) is 15.0 Å². The molecule has 1 aliphatic rings. The monoisotopic (exact) mass is 491 g/mol. The van der Waals surface area contributed by atoms with Gasteiger partial charge < -0.3 is 20.5 Å². The molecule has 0 unspecified atom stereocenters. The van der Waals surface area contributed by atoms with Gasteiger partial charge in [0.05, 0.1) is 11.3 Å². The van der Waals surface area contributed by atoms with Crippen molar-refractivity contribution in [3.05, 3.63) is 26.1 Å². The first-order valence-electron chi connectivity index (χ1n) is 8.19. The highest BCUT2D eigenvalue weighted by Crippen LogP contribution is 2.35. The maximum atomic E-state index is 12.1. The zero-order chi connectivity index (χ0) is 19.6. The number of nitrogens with zero attached hydrogens (tertiary/aromatic N) is 2. The highest BCUT2D eigenvalue weighted by atomic mass is 79.9. The first kappa shape index (κ1) is 21.0. The molecule has 144 valence electrons. The van der Waals surface area contributed by atoms with Crippen LogP contribution in [-0.4, -0.2) is 58.7 Å². The zero-order valence-corrected chi connectivity index (χ0v) is 18.2. The third-order valence-electron chi connectivity index (χ3n) is 3.99. The number of hydrogen-bond acceptors (Lipinski definition) is 5. The van der Waals surface area contributed by atoms with Gasteiger partial charge in [-0.15, -0.1) is 0 Å². The highest BCUT2D eigenvalue weighted by Gasteiger charge is 2.27. The normalized spacial score (nSPS) is 15.8. The third-order valence-corrected chi connectivity index (χ3v) is 5.60. The molecule has 1 aromatic carbocycles. The van der Waals surface area contributed by atoms with E-state index < -0.39 is 11.6 Å². The Bertz CT molecular complexity index is 711. The number of piperazine rings is 1. The number of hydrogen-bond donors (Lipinski definition) is 2. The second-order valence-corrected chi connectivity index (χ2v) is 8.81. The number of amides is 1. The van der Waals surface area contributed by atoms with Crippen molar-refractivity contribution in [2.45, 2.75) is 32.9 Å². The van der Waals surface area contributed by atoms with Gasteiger partial charge >= 0.3 is 12.1 Å². The number of rotatable bonds is 3. The summed E-state index contributed by atoms with van der Waals surface area (Å²) in [5.74, 6) is -1.07. The lowest BCUT2D eigenvalue weighted by molar-refractivity contribution is 0.0138. The number of halogens is 2. The van der Waals surface area contributed by atoms with E-state index in [0.717, 1.165) is 5.56 Å². The van der Waals surface area contributed by atoms with Gasteiger partial charge in [-0.25, -0.2) is 9.59 Å².